The quantitative estimate of drug-likeness (QED) is 0.0286. The van der Waals surface area contributed by atoms with E-state index in [9.17, 15) is 4.79 Å². The predicted molar refractivity (Wildman–Crippen MR) is 297 cm³/mol. The fourth-order valence-electron chi connectivity index (χ4n) is 10.7. The summed E-state index contributed by atoms with van der Waals surface area (Å²) in [6.45, 7) is 28.3. The number of rotatable bonds is 27. The number of nitriles is 1. The number of hydrogen-bond donors (Lipinski definition) is 0. The standard InChI is InChI=1S/C62H79N7O6/c1-14-57(6,7)43-61(13,56(71)75-40-38-73-54-36-33-52(41-45(54)5)69-68-50-29-27-49(28-30-50)66-64-47-21-19-18-20-22-47)62(16-3,17-4)59(10,11)44-60(12,58(8,9)15-2)55(70)74-39-37-72-53-34-31-51(32-35-53)67-65-48-25-23-46(42-63)24-26-48/h18-36,41H,14-17,37-40,43-44H2,1-13H3. The number of carbonyl (C=O) groups excluding carboxylic acids is 2. The molecule has 0 spiro atoms. The topological polar surface area (TPSA) is 169 Å². The average Bonchev–Trinajstić information content (AvgIpc) is 3.40. The maximum Gasteiger partial charge on any atom is 0.312 e. The van der Waals surface area contributed by atoms with Crippen LogP contribution >= 0.6 is 0 Å². The average molecular weight is 1020 g/mol. The van der Waals surface area contributed by atoms with Crippen molar-refractivity contribution in [2.24, 2.45) is 63.2 Å². The number of hydrogen-bond acceptors (Lipinski definition) is 13. The van der Waals surface area contributed by atoms with Gasteiger partial charge in [-0.15, -0.1) is 0 Å². The SMILES string of the molecule is CCC(C)(C)CC(C)(C(=O)OCCOc1ccc(N=Nc2ccc(N=Nc3ccccc3)cc2)cc1C)C(CC)(CC)C(C)(C)CC(C)(C(=O)OCCOc1ccc(N=Nc2ccc(C#N)cc2)cc1)C(C)(C)CC. The van der Waals surface area contributed by atoms with E-state index < -0.39 is 27.1 Å². The normalized spacial score (nSPS) is 14.1. The molecule has 0 bridgehead atoms. The summed E-state index contributed by atoms with van der Waals surface area (Å²) in [5.41, 5.74) is 1.89. The number of carbonyl (C=O) groups is 2. The Morgan fingerprint density at radius 1 is 0.480 bits per heavy atom. The lowest BCUT2D eigenvalue weighted by molar-refractivity contribution is -0.190. The van der Waals surface area contributed by atoms with Crippen molar-refractivity contribution < 1.29 is 28.5 Å². The van der Waals surface area contributed by atoms with Crippen molar-refractivity contribution in [2.75, 3.05) is 26.4 Å². The fraction of sp³-hybridized carbons (Fsp3) is 0.468. The molecule has 5 aromatic rings. The first kappa shape index (κ1) is 58.8. The van der Waals surface area contributed by atoms with Crippen LogP contribution in [-0.2, 0) is 19.1 Å². The number of ether oxygens (including phenoxy) is 4. The second-order valence-corrected chi connectivity index (χ2v) is 22.0. The fourth-order valence-corrected chi connectivity index (χ4v) is 10.7. The number of nitrogens with zero attached hydrogens (tertiary/aromatic N) is 7. The van der Waals surface area contributed by atoms with Gasteiger partial charge < -0.3 is 18.9 Å². The van der Waals surface area contributed by atoms with Gasteiger partial charge in [-0.3, -0.25) is 9.59 Å². The molecule has 0 amide bonds. The molecule has 0 saturated heterocycles. The minimum Gasteiger partial charge on any atom is -0.490 e. The van der Waals surface area contributed by atoms with Gasteiger partial charge in [-0.25, -0.2) is 0 Å². The third-order valence-corrected chi connectivity index (χ3v) is 16.0. The Labute approximate surface area is 446 Å². The lowest BCUT2D eigenvalue weighted by Gasteiger charge is -2.60. The van der Waals surface area contributed by atoms with Gasteiger partial charge in [0.05, 0.1) is 56.6 Å². The van der Waals surface area contributed by atoms with Crippen molar-refractivity contribution in [1.29, 1.82) is 5.26 Å². The van der Waals surface area contributed by atoms with Gasteiger partial charge in [0, 0.05) is 0 Å². The van der Waals surface area contributed by atoms with Crippen molar-refractivity contribution in [3.8, 4) is 17.6 Å². The smallest absolute Gasteiger partial charge is 0.312 e. The summed E-state index contributed by atoms with van der Waals surface area (Å²) in [5, 5.41) is 35.0. The van der Waals surface area contributed by atoms with Crippen LogP contribution in [0.3, 0.4) is 0 Å². The van der Waals surface area contributed by atoms with Crippen LogP contribution in [0.4, 0.5) is 34.1 Å². The Bertz CT molecular complexity index is 2780. The Kier molecular flexibility index (Phi) is 20.3. The molecule has 0 fully saturated rings. The minimum atomic E-state index is -0.940. The van der Waals surface area contributed by atoms with Crippen molar-refractivity contribution >= 4 is 46.1 Å². The lowest BCUT2D eigenvalue weighted by atomic mass is 9.43. The number of esters is 2. The van der Waals surface area contributed by atoms with E-state index in [1.807, 2.05) is 86.6 Å². The van der Waals surface area contributed by atoms with Crippen LogP contribution in [-0.4, -0.2) is 38.4 Å². The molecule has 13 heteroatoms. The Hall–Kier alpha value is -7.07. The van der Waals surface area contributed by atoms with Crippen molar-refractivity contribution in [3.63, 3.8) is 0 Å². The van der Waals surface area contributed by atoms with Crippen molar-refractivity contribution in [2.45, 2.75) is 129 Å². The third-order valence-electron chi connectivity index (χ3n) is 16.0. The van der Waals surface area contributed by atoms with Crippen LogP contribution < -0.4 is 9.47 Å². The number of benzene rings is 5. The van der Waals surface area contributed by atoms with Crippen LogP contribution in [0.2, 0.25) is 0 Å². The van der Waals surface area contributed by atoms with E-state index in [2.05, 4.69) is 113 Å². The molecule has 0 saturated carbocycles. The van der Waals surface area contributed by atoms with Gasteiger partial charge in [-0.1, -0.05) is 93.9 Å². The summed E-state index contributed by atoms with van der Waals surface area (Å²) in [6.07, 6.45) is 4.05. The van der Waals surface area contributed by atoms with E-state index in [1.165, 1.54) is 0 Å². The minimum absolute atomic E-state index is 0.0629. The Balaban J connectivity index is 1.24. The number of azo groups is 3. The zero-order chi connectivity index (χ0) is 54.9. The largest absolute Gasteiger partial charge is 0.490 e. The first-order valence-corrected chi connectivity index (χ1v) is 26.3. The zero-order valence-electron chi connectivity index (χ0n) is 46.7. The van der Waals surface area contributed by atoms with Gasteiger partial charge in [0.15, 0.2) is 0 Å². The molecule has 0 aliphatic carbocycles. The lowest BCUT2D eigenvalue weighted by Crippen LogP contribution is -2.58. The van der Waals surface area contributed by atoms with Gasteiger partial charge in [0.2, 0.25) is 0 Å². The van der Waals surface area contributed by atoms with E-state index in [0.29, 0.717) is 71.2 Å². The van der Waals surface area contributed by atoms with Crippen LogP contribution in [0, 0.1) is 50.7 Å². The third kappa shape index (κ3) is 14.8. The number of aryl methyl sites for hydroxylation is 1. The van der Waals surface area contributed by atoms with Gasteiger partial charge in [-0.05, 0) is 183 Å². The summed E-state index contributed by atoms with van der Waals surface area (Å²) in [4.78, 5) is 29.7. The molecule has 0 aromatic heterocycles. The first-order valence-electron chi connectivity index (χ1n) is 26.3. The molecule has 0 heterocycles. The highest BCUT2D eigenvalue weighted by Gasteiger charge is 2.63. The first-order chi connectivity index (χ1) is 35.6. The highest BCUT2D eigenvalue weighted by Crippen LogP contribution is 2.65. The van der Waals surface area contributed by atoms with E-state index >= 15 is 4.79 Å². The highest BCUT2D eigenvalue weighted by atomic mass is 16.6. The zero-order valence-corrected chi connectivity index (χ0v) is 46.7. The Morgan fingerprint density at radius 2 is 0.920 bits per heavy atom. The summed E-state index contributed by atoms with van der Waals surface area (Å²) >= 11 is 0. The molecule has 0 aliphatic rings. The monoisotopic (exact) mass is 1020 g/mol. The molecule has 75 heavy (non-hydrogen) atoms. The molecule has 2 unspecified atom stereocenters. The van der Waals surface area contributed by atoms with Crippen molar-refractivity contribution in [1.82, 2.24) is 0 Å². The molecule has 13 nitrogen and oxygen atoms in total. The van der Waals surface area contributed by atoms with Gasteiger partial charge >= 0.3 is 11.9 Å². The van der Waals surface area contributed by atoms with Gasteiger partial charge in [0.1, 0.15) is 37.9 Å². The van der Waals surface area contributed by atoms with E-state index in [-0.39, 0.29) is 43.8 Å². The predicted octanol–water partition coefficient (Wildman–Crippen LogP) is 18.2. The molecule has 5 aromatic carbocycles. The second-order valence-electron chi connectivity index (χ2n) is 22.0. The van der Waals surface area contributed by atoms with Crippen LogP contribution in [0.5, 0.6) is 11.5 Å². The molecule has 0 N–H and O–H groups in total. The van der Waals surface area contributed by atoms with E-state index in [4.69, 9.17) is 24.2 Å². The van der Waals surface area contributed by atoms with E-state index in [1.54, 1.807) is 48.5 Å². The molecule has 398 valence electrons. The molecule has 2 atom stereocenters. The maximum absolute atomic E-state index is 15.0. The van der Waals surface area contributed by atoms with Crippen LogP contribution in [0.1, 0.15) is 133 Å². The van der Waals surface area contributed by atoms with Crippen LogP contribution in [0.15, 0.2) is 152 Å². The van der Waals surface area contributed by atoms with Crippen molar-refractivity contribution in [3.05, 3.63) is 132 Å². The summed E-state index contributed by atoms with van der Waals surface area (Å²) < 4.78 is 24.6. The summed E-state index contributed by atoms with van der Waals surface area (Å²) in [7, 11) is 0. The molecule has 5 rings (SSSR count). The molecular weight excluding hydrogens is 939 g/mol. The van der Waals surface area contributed by atoms with Gasteiger partial charge in [-0.2, -0.15) is 35.9 Å². The molecule has 0 aliphatic heterocycles. The maximum atomic E-state index is 15.0. The van der Waals surface area contributed by atoms with Gasteiger partial charge in [0.25, 0.3) is 0 Å². The molecule has 0 radical (unpaired) electrons. The van der Waals surface area contributed by atoms with E-state index in [0.717, 1.165) is 24.1 Å². The highest BCUT2D eigenvalue weighted by molar-refractivity contribution is 5.79. The summed E-state index contributed by atoms with van der Waals surface area (Å²) in [5.74, 6) is 0.719. The van der Waals surface area contributed by atoms with Crippen LogP contribution in [0.25, 0.3) is 0 Å². The summed E-state index contributed by atoms with van der Waals surface area (Å²) in [6, 6.07) is 38.7. The Morgan fingerprint density at radius 3 is 1.39 bits per heavy atom. The second kappa shape index (κ2) is 25.9. The molecular formula is C62H79N7O6.